The van der Waals surface area contributed by atoms with Crippen LogP contribution in [0.15, 0.2) is 84.9 Å². The molecule has 1 aliphatic heterocycles. The molecule has 0 fully saturated rings. The number of aryl methyl sites for hydroxylation is 1. The molecule has 5 rings (SSSR count). The number of fused-ring (bicyclic) bond motifs is 3. The summed E-state index contributed by atoms with van der Waals surface area (Å²) in [5.74, 6) is 0.577. The van der Waals surface area contributed by atoms with E-state index in [-0.39, 0.29) is 0 Å². The van der Waals surface area contributed by atoms with Gasteiger partial charge in [-0.3, -0.25) is 9.59 Å². The first-order chi connectivity index (χ1) is 15.2. The van der Waals surface area contributed by atoms with Crippen molar-refractivity contribution in [1.29, 1.82) is 0 Å². The van der Waals surface area contributed by atoms with Crippen molar-refractivity contribution >= 4 is 23.1 Å². The van der Waals surface area contributed by atoms with E-state index in [2.05, 4.69) is 12.1 Å². The number of ether oxygens (including phenoxy) is 1. The molecule has 1 aromatic heterocycles. The molecular formula is C26H24N2O3. The molecule has 2 bridgehead atoms. The molecule has 31 heavy (non-hydrogen) atoms. The Bertz CT molecular complexity index is 1180. The monoisotopic (exact) mass is 412 g/mol. The van der Waals surface area contributed by atoms with E-state index in [9.17, 15) is 9.59 Å². The highest BCUT2D eigenvalue weighted by Crippen LogP contribution is 2.26. The third-order valence-corrected chi connectivity index (χ3v) is 5.39. The summed E-state index contributed by atoms with van der Waals surface area (Å²) in [7, 11) is 0. The summed E-state index contributed by atoms with van der Waals surface area (Å²) in [6.45, 7) is 0.766. The van der Waals surface area contributed by atoms with Gasteiger partial charge in [0, 0.05) is 10.9 Å². The van der Waals surface area contributed by atoms with Crippen molar-refractivity contribution in [3.8, 4) is 5.75 Å². The van der Waals surface area contributed by atoms with Gasteiger partial charge < -0.3 is 15.0 Å². The number of para-hydroxylation sites is 1. The number of aldehydes is 1. The lowest BCUT2D eigenvalue weighted by atomic mass is 10.0. The van der Waals surface area contributed by atoms with Crippen LogP contribution in [0.1, 0.15) is 34.1 Å². The maximum atomic E-state index is 12.0. The highest BCUT2D eigenvalue weighted by Gasteiger charge is 2.22. The zero-order chi connectivity index (χ0) is 21.6. The second-order valence-electron chi connectivity index (χ2n) is 7.49. The van der Waals surface area contributed by atoms with Gasteiger partial charge in [-0.25, -0.2) is 0 Å². The predicted molar refractivity (Wildman–Crippen MR) is 121 cm³/mol. The van der Waals surface area contributed by atoms with Crippen LogP contribution in [0.2, 0.25) is 0 Å². The van der Waals surface area contributed by atoms with E-state index in [1.165, 1.54) is 5.56 Å². The van der Waals surface area contributed by atoms with Gasteiger partial charge in [0.1, 0.15) is 18.4 Å². The van der Waals surface area contributed by atoms with Crippen LogP contribution in [-0.4, -0.2) is 16.8 Å². The van der Waals surface area contributed by atoms with Crippen LogP contribution in [0, 0.1) is 0 Å². The molecule has 2 N–H and O–H groups in total. The highest BCUT2D eigenvalue weighted by atomic mass is 16.5. The number of amides is 1. The minimum absolute atomic E-state index is 0.426. The van der Waals surface area contributed by atoms with E-state index in [0.717, 1.165) is 41.5 Å². The summed E-state index contributed by atoms with van der Waals surface area (Å²) in [6.07, 6.45) is 2.05. The molecule has 5 nitrogen and oxygen atoms in total. The zero-order valence-electron chi connectivity index (χ0n) is 17.1. The summed E-state index contributed by atoms with van der Waals surface area (Å²) >= 11 is 0. The Balaban J connectivity index is 0.000000239. The maximum Gasteiger partial charge on any atom is 0.240 e. The first-order valence-corrected chi connectivity index (χ1v) is 10.3. The SMILES string of the molecule is NC(=O)C(CCc1ccccc1)n1c(C=O)cc2ccccc21.c1cc2cc(c1)OC2. The molecule has 1 unspecified atom stereocenters. The molecular weight excluding hydrogens is 388 g/mol. The van der Waals surface area contributed by atoms with Crippen molar-refractivity contribution in [3.05, 3.63) is 102 Å². The van der Waals surface area contributed by atoms with Gasteiger partial charge in [0.05, 0.1) is 5.69 Å². The number of rotatable bonds is 6. The lowest BCUT2D eigenvalue weighted by molar-refractivity contribution is -0.121. The molecule has 0 spiro atoms. The van der Waals surface area contributed by atoms with Crippen LogP contribution in [0.3, 0.4) is 0 Å². The lowest BCUT2D eigenvalue weighted by Crippen LogP contribution is -2.28. The van der Waals surface area contributed by atoms with Gasteiger partial charge in [0.25, 0.3) is 0 Å². The van der Waals surface area contributed by atoms with Crippen molar-refractivity contribution in [2.45, 2.75) is 25.5 Å². The van der Waals surface area contributed by atoms with Gasteiger partial charge in [-0.05, 0) is 48.2 Å². The number of nitrogens with two attached hydrogens (primary N) is 1. The van der Waals surface area contributed by atoms with E-state index in [0.29, 0.717) is 12.1 Å². The van der Waals surface area contributed by atoms with Crippen molar-refractivity contribution in [3.63, 3.8) is 0 Å². The molecule has 0 saturated carbocycles. The number of carbonyl (C=O) groups is 2. The number of benzene rings is 3. The first-order valence-electron chi connectivity index (χ1n) is 10.3. The lowest BCUT2D eigenvalue weighted by Gasteiger charge is -2.18. The molecule has 1 amide bonds. The van der Waals surface area contributed by atoms with E-state index < -0.39 is 11.9 Å². The highest BCUT2D eigenvalue weighted by molar-refractivity contribution is 5.91. The minimum Gasteiger partial charge on any atom is -0.489 e. The average Bonchev–Trinajstić information content (AvgIpc) is 3.34. The Morgan fingerprint density at radius 3 is 2.48 bits per heavy atom. The number of aromatic nitrogens is 1. The van der Waals surface area contributed by atoms with Crippen LogP contribution in [0.5, 0.6) is 5.75 Å². The maximum absolute atomic E-state index is 12.0. The van der Waals surface area contributed by atoms with Gasteiger partial charge in [0.2, 0.25) is 5.91 Å². The van der Waals surface area contributed by atoms with Crippen molar-refractivity contribution < 1.29 is 14.3 Å². The molecule has 2 heterocycles. The number of primary amides is 1. The molecule has 5 heteroatoms. The van der Waals surface area contributed by atoms with E-state index in [1.54, 1.807) is 10.6 Å². The van der Waals surface area contributed by atoms with E-state index in [1.807, 2.05) is 66.7 Å². The molecule has 0 radical (unpaired) electrons. The molecule has 0 saturated heterocycles. The van der Waals surface area contributed by atoms with Crippen molar-refractivity contribution in [1.82, 2.24) is 4.57 Å². The Kier molecular flexibility index (Phi) is 6.13. The molecule has 4 aromatic rings. The molecule has 3 aromatic carbocycles. The Hall–Kier alpha value is -3.86. The minimum atomic E-state index is -0.546. The third kappa shape index (κ3) is 4.67. The third-order valence-electron chi connectivity index (χ3n) is 5.39. The van der Waals surface area contributed by atoms with Crippen LogP contribution in [0.4, 0.5) is 0 Å². The Morgan fingerprint density at radius 1 is 1.00 bits per heavy atom. The van der Waals surface area contributed by atoms with Crippen molar-refractivity contribution in [2.75, 3.05) is 0 Å². The van der Waals surface area contributed by atoms with E-state index in [4.69, 9.17) is 10.5 Å². The quantitative estimate of drug-likeness (QED) is 0.467. The van der Waals surface area contributed by atoms with Gasteiger partial charge in [-0.2, -0.15) is 0 Å². The predicted octanol–water partition coefficient (Wildman–Crippen LogP) is 4.69. The number of hydrogen-bond donors (Lipinski definition) is 1. The number of hydrogen-bond acceptors (Lipinski definition) is 3. The zero-order valence-corrected chi connectivity index (χ0v) is 17.1. The fourth-order valence-electron chi connectivity index (χ4n) is 3.87. The second-order valence-corrected chi connectivity index (χ2v) is 7.49. The summed E-state index contributed by atoms with van der Waals surface area (Å²) < 4.78 is 6.94. The molecule has 1 atom stereocenters. The van der Waals surface area contributed by atoms with Crippen LogP contribution >= 0.6 is 0 Å². The summed E-state index contributed by atoms with van der Waals surface area (Å²) in [5, 5.41) is 0.931. The fourth-order valence-corrected chi connectivity index (χ4v) is 3.87. The second kappa shape index (κ2) is 9.30. The smallest absolute Gasteiger partial charge is 0.240 e. The number of carbonyl (C=O) groups excluding carboxylic acids is 2. The molecule has 156 valence electrons. The standard InChI is InChI=1S/C19H18N2O2.C7H6O/c20-19(23)18(11-10-14-6-2-1-3-7-14)21-16(13-22)12-15-8-4-5-9-17(15)21;1-2-6-4-7(3-1)8-5-6/h1-9,12-13,18H,10-11H2,(H2,20,23);1-4H,5H2. The summed E-state index contributed by atoms with van der Waals surface area (Å²) in [5.41, 5.74) is 9.38. The van der Waals surface area contributed by atoms with Gasteiger partial charge >= 0.3 is 0 Å². The first kappa shape index (κ1) is 20.4. The fraction of sp³-hybridized carbons (Fsp3) is 0.154. The van der Waals surface area contributed by atoms with Crippen LogP contribution in [-0.2, 0) is 17.8 Å². The average molecular weight is 412 g/mol. The summed E-state index contributed by atoms with van der Waals surface area (Å²) in [6, 6.07) is 26.9. The summed E-state index contributed by atoms with van der Waals surface area (Å²) in [4.78, 5) is 23.4. The normalized spacial score (nSPS) is 12.5. The van der Waals surface area contributed by atoms with Gasteiger partial charge in [-0.15, -0.1) is 0 Å². The number of nitrogens with zero attached hydrogens (tertiary/aromatic N) is 1. The van der Waals surface area contributed by atoms with E-state index >= 15 is 0 Å². The van der Waals surface area contributed by atoms with Crippen LogP contribution < -0.4 is 10.5 Å². The van der Waals surface area contributed by atoms with Crippen molar-refractivity contribution in [2.24, 2.45) is 5.73 Å². The topological polar surface area (TPSA) is 74.3 Å². The molecule has 1 aliphatic rings. The van der Waals surface area contributed by atoms with Crippen LogP contribution in [0.25, 0.3) is 10.9 Å². The van der Waals surface area contributed by atoms with Gasteiger partial charge in [0.15, 0.2) is 6.29 Å². The largest absolute Gasteiger partial charge is 0.489 e. The molecule has 0 aliphatic carbocycles. The van der Waals surface area contributed by atoms with Gasteiger partial charge in [-0.1, -0.05) is 60.7 Å². The Labute approximate surface area is 181 Å². The Morgan fingerprint density at radius 2 is 1.77 bits per heavy atom.